The first-order valence-corrected chi connectivity index (χ1v) is 10.7. The summed E-state index contributed by atoms with van der Waals surface area (Å²) in [6.07, 6.45) is -0.607. The molecule has 0 N–H and O–H groups in total. The molecule has 2 rings (SSSR count). The normalized spacial score (nSPS) is 25.6. The van der Waals surface area contributed by atoms with Gasteiger partial charge in [-0.2, -0.15) is 0 Å². The highest BCUT2D eigenvalue weighted by molar-refractivity contribution is 5.89. The molecule has 0 amide bonds. The van der Waals surface area contributed by atoms with Crippen LogP contribution in [0.2, 0.25) is 0 Å². The zero-order chi connectivity index (χ0) is 22.5. The van der Waals surface area contributed by atoms with Crippen LogP contribution in [0.1, 0.15) is 31.1 Å². The van der Waals surface area contributed by atoms with Crippen molar-refractivity contribution in [2.24, 2.45) is 22.9 Å². The van der Waals surface area contributed by atoms with Crippen molar-refractivity contribution in [3.8, 4) is 0 Å². The summed E-state index contributed by atoms with van der Waals surface area (Å²) in [5.41, 5.74) is 8.70. The topological polar surface area (TPSA) is 112 Å². The molecular formula is C22H33N3O6. The Morgan fingerprint density at radius 2 is 1.68 bits per heavy atom. The zero-order valence-electron chi connectivity index (χ0n) is 18.5. The standard InChI is InChI=1S/C22H33N3O6/c1-16-17(2)20(15-30-21(26)19-7-5-4-6-8-19)31-22(18(16)3)29-14-13-28-12-11-27-10-9-24-25-23/h4-8,16-18,20,22H,9-15H2,1-3H3/t16-,17+,18?,20?,22+/m0/s1. The largest absolute Gasteiger partial charge is 0.459 e. The number of hydrogen-bond acceptors (Lipinski definition) is 7. The van der Waals surface area contributed by atoms with Crippen molar-refractivity contribution in [2.45, 2.75) is 33.2 Å². The van der Waals surface area contributed by atoms with Crippen LogP contribution in [-0.4, -0.2) is 64.5 Å². The highest BCUT2D eigenvalue weighted by Crippen LogP contribution is 2.35. The maximum Gasteiger partial charge on any atom is 0.338 e. The number of carbonyl (C=O) groups excluding carboxylic acids is 1. The Morgan fingerprint density at radius 3 is 2.39 bits per heavy atom. The molecule has 0 aromatic heterocycles. The van der Waals surface area contributed by atoms with Crippen LogP contribution in [0.4, 0.5) is 0 Å². The fourth-order valence-corrected chi connectivity index (χ4v) is 3.38. The number of ether oxygens (including phenoxy) is 5. The predicted molar refractivity (Wildman–Crippen MR) is 114 cm³/mol. The molecule has 1 heterocycles. The molecule has 31 heavy (non-hydrogen) atoms. The maximum absolute atomic E-state index is 12.2. The predicted octanol–water partition coefficient (Wildman–Crippen LogP) is 3.84. The molecule has 0 aliphatic carbocycles. The van der Waals surface area contributed by atoms with Gasteiger partial charge in [-0.05, 0) is 29.5 Å². The Kier molecular flexibility index (Phi) is 11.3. The first kappa shape index (κ1) is 25.1. The Hall–Kier alpha value is -2.16. The van der Waals surface area contributed by atoms with E-state index in [1.807, 2.05) is 18.2 Å². The lowest BCUT2D eigenvalue weighted by Crippen LogP contribution is -2.48. The van der Waals surface area contributed by atoms with Gasteiger partial charge in [0, 0.05) is 17.4 Å². The van der Waals surface area contributed by atoms with Crippen molar-refractivity contribution in [1.82, 2.24) is 0 Å². The molecular weight excluding hydrogens is 402 g/mol. The molecule has 172 valence electrons. The fraction of sp³-hybridized carbons (Fsp3) is 0.682. The van der Waals surface area contributed by atoms with Gasteiger partial charge in [0.25, 0.3) is 0 Å². The van der Waals surface area contributed by atoms with Gasteiger partial charge >= 0.3 is 5.97 Å². The van der Waals surface area contributed by atoms with E-state index in [9.17, 15) is 4.79 Å². The number of hydrogen-bond donors (Lipinski definition) is 0. The van der Waals surface area contributed by atoms with Crippen molar-refractivity contribution in [3.05, 3.63) is 46.3 Å². The van der Waals surface area contributed by atoms with Crippen molar-refractivity contribution < 1.29 is 28.5 Å². The summed E-state index contributed by atoms with van der Waals surface area (Å²) in [6.45, 7) is 8.96. The first-order chi connectivity index (χ1) is 15.0. The number of carbonyl (C=O) groups is 1. The first-order valence-electron chi connectivity index (χ1n) is 10.7. The zero-order valence-corrected chi connectivity index (χ0v) is 18.5. The van der Waals surface area contributed by atoms with Gasteiger partial charge in [0.2, 0.25) is 0 Å². The summed E-state index contributed by atoms with van der Waals surface area (Å²) >= 11 is 0. The van der Waals surface area contributed by atoms with Crippen molar-refractivity contribution in [2.75, 3.05) is 46.2 Å². The molecule has 1 saturated heterocycles. The number of esters is 1. The average molecular weight is 436 g/mol. The molecule has 0 bridgehead atoms. The number of benzene rings is 1. The number of azide groups is 1. The van der Waals surface area contributed by atoms with Crippen molar-refractivity contribution in [3.63, 3.8) is 0 Å². The monoisotopic (exact) mass is 435 g/mol. The van der Waals surface area contributed by atoms with Gasteiger partial charge in [0.15, 0.2) is 6.29 Å². The lowest BCUT2D eigenvalue weighted by atomic mass is 9.79. The van der Waals surface area contributed by atoms with Gasteiger partial charge in [0.1, 0.15) is 6.61 Å². The third-order valence-corrected chi connectivity index (χ3v) is 5.65. The maximum atomic E-state index is 12.2. The molecule has 0 radical (unpaired) electrons. The Bertz CT molecular complexity index is 698. The minimum atomic E-state index is -0.379. The van der Waals surface area contributed by atoms with Crippen LogP contribution in [0.5, 0.6) is 0 Å². The molecule has 9 nitrogen and oxygen atoms in total. The van der Waals surface area contributed by atoms with Gasteiger partial charge < -0.3 is 23.7 Å². The highest BCUT2D eigenvalue weighted by Gasteiger charge is 2.40. The Balaban J connectivity index is 1.69. The highest BCUT2D eigenvalue weighted by atomic mass is 16.7. The molecule has 0 spiro atoms. The third kappa shape index (κ3) is 8.47. The van der Waals surface area contributed by atoms with E-state index in [1.54, 1.807) is 12.1 Å². The smallest absolute Gasteiger partial charge is 0.338 e. The molecule has 1 aromatic carbocycles. The molecule has 0 saturated carbocycles. The van der Waals surface area contributed by atoms with Crippen LogP contribution in [0.25, 0.3) is 10.4 Å². The van der Waals surface area contributed by atoms with E-state index in [1.165, 1.54) is 0 Å². The summed E-state index contributed by atoms with van der Waals surface area (Å²) in [6, 6.07) is 8.94. The average Bonchev–Trinajstić information content (AvgIpc) is 2.79. The minimum absolute atomic E-state index is 0.190. The molecule has 5 atom stereocenters. The summed E-state index contributed by atoms with van der Waals surface area (Å²) in [7, 11) is 0. The summed E-state index contributed by atoms with van der Waals surface area (Å²) in [4.78, 5) is 14.9. The van der Waals surface area contributed by atoms with Crippen molar-refractivity contribution >= 4 is 5.97 Å². The van der Waals surface area contributed by atoms with Crippen LogP contribution in [-0.2, 0) is 23.7 Å². The molecule has 1 aromatic rings. The van der Waals surface area contributed by atoms with Crippen LogP contribution >= 0.6 is 0 Å². The number of rotatable bonds is 13. The van der Waals surface area contributed by atoms with Gasteiger partial charge in [-0.25, -0.2) is 4.79 Å². The summed E-state index contributed by atoms with van der Waals surface area (Å²) < 4.78 is 28.3. The van der Waals surface area contributed by atoms with Gasteiger partial charge in [-0.15, -0.1) is 0 Å². The van der Waals surface area contributed by atoms with E-state index in [4.69, 9.17) is 29.2 Å². The Morgan fingerprint density at radius 1 is 1.00 bits per heavy atom. The van der Waals surface area contributed by atoms with Crippen molar-refractivity contribution in [1.29, 1.82) is 0 Å². The van der Waals surface area contributed by atoms with E-state index in [-0.39, 0.29) is 36.8 Å². The SMILES string of the molecule is CC1[C@H](OCCOCCOCCN=[N+]=[N-])OC(COC(=O)c2ccccc2)[C@H](C)[C@@H]1C. The van der Waals surface area contributed by atoms with Crippen LogP contribution in [0.3, 0.4) is 0 Å². The second-order valence-electron chi connectivity index (χ2n) is 7.63. The molecule has 1 aliphatic rings. The fourth-order valence-electron chi connectivity index (χ4n) is 3.38. The van der Waals surface area contributed by atoms with Crippen LogP contribution in [0, 0.1) is 17.8 Å². The molecule has 1 aliphatic heterocycles. The molecule has 2 unspecified atom stereocenters. The minimum Gasteiger partial charge on any atom is -0.459 e. The second kappa shape index (κ2) is 14.0. The van der Waals surface area contributed by atoms with Gasteiger partial charge in [0.05, 0.1) is 44.7 Å². The van der Waals surface area contributed by atoms with E-state index in [0.717, 1.165) is 0 Å². The third-order valence-electron chi connectivity index (χ3n) is 5.65. The van der Waals surface area contributed by atoms with E-state index >= 15 is 0 Å². The van der Waals surface area contributed by atoms with E-state index < -0.39 is 0 Å². The lowest BCUT2D eigenvalue weighted by Gasteiger charge is -2.43. The second-order valence-corrected chi connectivity index (χ2v) is 7.63. The van der Waals surface area contributed by atoms with Crippen LogP contribution < -0.4 is 0 Å². The van der Waals surface area contributed by atoms with Gasteiger partial charge in [-0.1, -0.05) is 44.1 Å². The van der Waals surface area contributed by atoms with E-state index in [2.05, 4.69) is 30.8 Å². The number of nitrogens with zero attached hydrogens (tertiary/aromatic N) is 3. The van der Waals surface area contributed by atoms with Gasteiger partial charge in [-0.3, -0.25) is 0 Å². The lowest BCUT2D eigenvalue weighted by molar-refractivity contribution is -0.256. The molecule has 9 heteroatoms. The summed E-state index contributed by atoms with van der Waals surface area (Å²) in [5.74, 6) is 0.442. The Labute approximate surface area is 183 Å². The summed E-state index contributed by atoms with van der Waals surface area (Å²) in [5, 5.41) is 3.39. The van der Waals surface area contributed by atoms with E-state index in [0.29, 0.717) is 51.1 Å². The van der Waals surface area contributed by atoms with Crippen LogP contribution in [0.15, 0.2) is 35.4 Å². The molecule has 1 fully saturated rings. The quantitative estimate of drug-likeness (QED) is 0.153.